The number of fused-ring (bicyclic) bond motifs is 1. The Kier molecular flexibility index (Phi) is 3.48. The van der Waals surface area contributed by atoms with E-state index >= 15 is 0 Å². The first-order valence-corrected chi connectivity index (χ1v) is 6.86. The third-order valence-electron chi connectivity index (χ3n) is 3.57. The molecular weight excluding hydrogens is 269 g/mol. The molecule has 2 aromatic carbocycles. The Morgan fingerprint density at radius 3 is 2.90 bits per heavy atom. The van der Waals surface area contributed by atoms with Gasteiger partial charge in [0.25, 0.3) is 5.91 Å². The van der Waals surface area contributed by atoms with Crippen LogP contribution >= 0.6 is 0 Å². The Labute approximate surface area is 122 Å². The second-order valence-electron chi connectivity index (χ2n) is 5.08. The molecule has 1 aliphatic heterocycles. The molecule has 0 saturated heterocycles. The predicted octanol–water partition coefficient (Wildman–Crippen LogP) is 3.03. The smallest absolute Gasteiger partial charge is 0.250 e. The minimum atomic E-state index is -0.656. The second-order valence-corrected chi connectivity index (χ2v) is 5.08. The number of carbonyl (C=O) groups is 1. The zero-order valence-electron chi connectivity index (χ0n) is 11.4. The Balaban J connectivity index is 1.92. The molecule has 0 saturated carbocycles. The molecule has 0 fully saturated rings. The number of anilines is 3. The van der Waals surface area contributed by atoms with E-state index in [0.717, 1.165) is 36.8 Å². The maximum Gasteiger partial charge on any atom is 0.250 e. The first-order chi connectivity index (χ1) is 10.1. The highest BCUT2D eigenvalue weighted by atomic mass is 19.1. The molecule has 0 radical (unpaired) electrons. The molecule has 0 atom stereocenters. The summed E-state index contributed by atoms with van der Waals surface area (Å²) < 4.78 is 13.2. The topological polar surface area (TPSA) is 67.2 Å². The zero-order chi connectivity index (χ0) is 14.8. The fraction of sp³-hybridized carbons (Fsp3) is 0.188. The van der Waals surface area contributed by atoms with Crippen LogP contribution in [0.2, 0.25) is 0 Å². The van der Waals surface area contributed by atoms with Gasteiger partial charge >= 0.3 is 0 Å². The lowest BCUT2D eigenvalue weighted by molar-refractivity contribution is 0.100. The third kappa shape index (κ3) is 2.81. The van der Waals surface area contributed by atoms with Gasteiger partial charge in [-0.1, -0.05) is 0 Å². The summed E-state index contributed by atoms with van der Waals surface area (Å²) in [5.74, 6) is -1.14. The third-order valence-corrected chi connectivity index (χ3v) is 3.57. The van der Waals surface area contributed by atoms with Crippen LogP contribution in [0.25, 0.3) is 0 Å². The van der Waals surface area contributed by atoms with Crippen molar-refractivity contribution >= 4 is 23.0 Å². The van der Waals surface area contributed by atoms with Crippen molar-refractivity contribution in [1.82, 2.24) is 0 Å². The van der Waals surface area contributed by atoms with E-state index in [1.807, 2.05) is 18.2 Å². The number of rotatable bonds is 3. The summed E-state index contributed by atoms with van der Waals surface area (Å²) >= 11 is 0. The van der Waals surface area contributed by atoms with Gasteiger partial charge in [-0.3, -0.25) is 4.79 Å². The molecule has 4 N–H and O–H groups in total. The van der Waals surface area contributed by atoms with Crippen LogP contribution in [0.1, 0.15) is 22.3 Å². The normalized spacial score (nSPS) is 13.2. The highest BCUT2D eigenvalue weighted by Gasteiger charge is 2.12. The van der Waals surface area contributed by atoms with Gasteiger partial charge in [-0.2, -0.15) is 0 Å². The Morgan fingerprint density at radius 1 is 1.24 bits per heavy atom. The fourth-order valence-corrected chi connectivity index (χ4v) is 2.54. The molecular formula is C16H16FN3O. The van der Waals surface area contributed by atoms with Gasteiger partial charge in [0.1, 0.15) is 5.82 Å². The molecule has 1 heterocycles. The van der Waals surface area contributed by atoms with Crippen molar-refractivity contribution in [3.8, 4) is 0 Å². The average Bonchev–Trinajstić information content (AvgIpc) is 2.49. The Morgan fingerprint density at radius 2 is 2.10 bits per heavy atom. The molecule has 4 nitrogen and oxygen atoms in total. The molecule has 3 rings (SSSR count). The maximum atomic E-state index is 13.2. The summed E-state index contributed by atoms with van der Waals surface area (Å²) in [6, 6.07) is 9.93. The highest BCUT2D eigenvalue weighted by molar-refractivity contribution is 5.99. The predicted molar refractivity (Wildman–Crippen MR) is 81.5 cm³/mol. The molecule has 5 heteroatoms. The van der Waals surface area contributed by atoms with E-state index in [1.54, 1.807) is 0 Å². The lowest BCUT2D eigenvalue weighted by Crippen LogP contribution is -2.14. The van der Waals surface area contributed by atoms with Crippen LogP contribution < -0.4 is 16.4 Å². The summed E-state index contributed by atoms with van der Waals surface area (Å²) in [5.41, 5.74) is 9.17. The van der Waals surface area contributed by atoms with Crippen molar-refractivity contribution in [2.24, 2.45) is 5.73 Å². The summed E-state index contributed by atoms with van der Waals surface area (Å²) in [7, 11) is 0. The monoisotopic (exact) mass is 285 g/mol. The maximum absolute atomic E-state index is 13.2. The lowest BCUT2D eigenvalue weighted by Gasteiger charge is -2.19. The number of aryl methyl sites for hydroxylation is 1. The van der Waals surface area contributed by atoms with Crippen LogP contribution in [0.4, 0.5) is 21.5 Å². The Hall–Kier alpha value is -2.56. The fourth-order valence-electron chi connectivity index (χ4n) is 2.54. The molecule has 0 bridgehead atoms. The van der Waals surface area contributed by atoms with E-state index in [-0.39, 0.29) is 5.56 Å². The standard InChI is InChI=1S/C16H16FN3O/c17-11-3-5-15(13(9-11)16(18)21)20-12-4-6-14-10(8-12)2-1-7-19-14/h3-6,8-9,19-20H,1-2,7H2,(H2,18,21). The molecule has 2 aromatic rings. The van der Waals surface area contributed by atoms with Crippen LogP contribution in [0.5, 0.6) is 0 Å². The molecule has 108 valence electrons. The number of primary amides is 1. The molecule has 21 heavy (non-hydrogen) atoms. The second kappa shape index (κ2) is 5.44. The van der Waals surface area contributed by atoms with Crippen molar-refractivity contribution in [2.75, 3.05) is 17.2 Å². The van der Waals surface area contributed by atoms with Crippen LogP contribution in [0.3, 0.4) is 0 Å². The number of carbonyl (C=O) groups excluding carboxylic acids is 1. The molecule has 0 unspecified atom stereocenters. The molecule has 1 amide bonds. The summed E-state index contributed by atoms with van der Waals surface area (Å²) in [6.07, 6.45) is 2.11. The summed E-state index contributed by atoms with van der Waals surface area (Å²) in [6.45, 7) is 0.990. The number of benzene rings is 2. The quantitative estimate of drug-likeness (QED) is 0.812. The average molecular weight is 285 g/mol. The number of nitrogens with one attached hydrogen (secondary N) is 2. The van der Waals surface area contributed by atoms with Crippen molar-refractivity contribution in [3.63, 3.8) is 0 Å². The summed E-state index contributed by atoms with van der Waals surface area (Å²) in [4.78, 5) is 11.4. The van der Waals surface area contributed by atoms with Gasteiger partial charge in [0, 0.05) is 17.9 Å². The number of hydrogen-bond acceptors (Lipinski definition) is 3. The first-order valence-electron chi connectivity index (χ1n) is 6.86. The minimum absolute atomic E-state index is 0.144. The molecule has 0 aliphatic carbocycles. The van der Waals surface area contributed by atoms with Gasteiger partial charge in [0.2, 0.25) is 0 Å². The van der Waals surface area contributed by atoms with Crippen LogP contribution in [0, 0.1) is 5.82 Å². The van der Waals surface area contributed by atoms with E-state index in [9.17, 15) is 9.18 Å². The van der Waals surface area contributed by atoms with E-state index < -0.39 is 11.7 Å². The number of hydrogen-bond donors (Lipinski definition) is 3. The van der Waals surface area contributed by atoms with Crippen molar-refractivity contribution < 1.29 is 9.18 Å². The van der Waals surface area contributed by atoms with Gasteiger partial charge in [-0.05, 0) is 54.8 Å². The van der Waals surface area contributed by atoms with Crippen LogP contribution in [-0.4, -0.2) is 12.5 Å². The lowest BCUT2D eigenvalue weighted by atomic mass is 10.0. The molecule has 0 spiro atoms. The van der Waals surface area contributed by atoms with Crippen molar-refractivity contribution in [1.29, 1.82) is 0 Å². The highest BCUT2D eigenvalue weighted by Crippen LogP contribution is 2.28. The summed E-state index contributed by atoms with van der Waals surface area (Å²) in [5, 5.41) is 6.48. The van der Waals surface area contributed by atoms with E-state index in [2.05, 4.69) is 10.6 Å². The molecule has 1 aliphatic rings. The van der Waals surface area contributed by atoms with Crippen LogP contribution in [0.15, 0.2) is 36.4 Å². The van der Waals surface area contributed by atoms with Crippen LogP contribution in [-0.2, 0) is 6.42 Å². The van der Waals surface area contributed by atoms with Crippen molar-refractivity contribution in [2.45, 2.75) is 12.8 Å². The number of amides is 1. The largest absolute Gasteiger partial charge is 0.385 e. The van der Waals surface area contributed by atoms with Gasteiger partial charge in [-0.15, -0.1) is 0 Å². The van der Waals surface area contributed by atoms with E-state index in [1.165, 1.54) is 17.7 Å². The Bertz CT molecular complexity index is 700. The number of nitrogens with two attached hydrogens (primary N) is 1. The van der Waals surface area contributed by atoms with Crippen molar-refractivity contribution in [3.05, 3.63) is 53.3 Å². The first kappa shape index (κ1) is 13.4. The molecule has 0 aromatic heterocycles. The van der Waals surface area contributed by atoms with E-state index in [0.29, 0.717) is 5.69 Å². The number of halogens is 1. The SMILES string of the molecule is NC(=O)c1cc(F)ccc1Nc1ccc2c(c1)CCCN2. The zero-order valence-corrected chi connectivity index (χ0v) is 11.4. The van der Waals surface area contributed by atoms with Gasteiger partial charge in [0.15, 0.2) is 0 Å². The van der Waals surface area contributed by atoms with Gasteiger partial charge < -0.3 is 16.4 Å². The van der Waals surface area contributed by atoms with Gasteiger partial charge in [-0.25, -0.2) is 4.39 Å². The minimum Gasteiger partial charge on any atom is -0.385 e. The van der Waals surface area contributed by atoms with E-state index in [4.69, 9.17) is 5.73 Å². The van der Waals surface area contributed by atoms with Gasteiger partial charge in [0.05, 0.1) is 11.3 Å².